The van der Waals surface area contributed by atoms with Gasteiger partial charge in [0.15, 0.2) is 0 Å². The zero-order valence-corrected chi connectivity index (χ0v) is 8.59. The minimum Gasteiger partial charge on any atom is -0.459 e. The van der Waals surface area contributed by atoms with E-state index in [0.717, 1.165) is 0 Å². The van der Waals surface area contributed by atoms with Crippen LogP contribution in [-0.4, -0.2) is 30.9 Å². The van der Waals surface area contributed by atoms with Crippen molar-refractivity contribution >= 4 is 12.3 Å². The second kappa shape index (κ2) is 4.97. The van der Waals surface area contributed by atoms with Crippen LogP contribution < -0.4 is 5.32 Å². The summed E-state index contributed by atoms with van der Waals surface area (Å²) < 4.78 is 5.08. The third kappa shape index (κ3) is 5.36. The lowest BCUT2D eigenvalue weighted by atomic mass is 10.1. The molecule has 4 nitrogen and oxygen atoms in total. The van der Waals surface area contributed by atoms with Gasteiger partial charge in [0.05, 0.1) is 0 Å². The molecular formula is C9H17NO3. The van der Waals surface area contributed by atoms with Gasteiger partial charge in [-0.15, -0.1) is 0 Å². The van der Waals surface area contributed by atoms with E-state index in [4.69, 9.17) is 4.74 Å². The maximum absolute atomic E-state index is 11.3. The fraction of sp³-hybridized carbons (Fsp3) is 0.778. The first-order valence-electron chi connectivity index (χ1n) is 4.24. The van der Waals surface area contributed by atoms with Gasteiger partial charge in [0, 0.05) is 6.42 Å². The summed E-state index contributed by atoms with van der Waals surface area (Å²) in [7, 11) is 1.62. The fourth-order valence-corrected chi connectivity index (χ4v) is 0.801. The molecule has 0 aliphatic rings. The third-order valence-electron chi connectivity index (χ3n) is 1.37. The van der Waals surface area contributed by atoms with Gasteiger partial charge in [0.2, 0.25) is 0 Å². The van der Waals surface area contributed by atoms with Gasteiger partial charge < -0.3 is 14.8 Å². The van der Waals surface area contributed by atoms with E-state index in [9.17, 15) is 9.59 Å². The van der Waals surface area contributed by atoms with E-state index >= 15 is 0 Å². The molecular weight excluding hydrogens is 170 g/mol. The van der Waals surface area contributed by atoms with Crippen LogP contribution in [0.5, 0.6) is 0 Å². The molecule has 1 N–H and O–H groups in total. The van der Waals surface area contributed by atoms with Crippen LogP contribution >= 0.6 is 0 Å². The monoisotopic (exact) mass is 187 g/mol. The largest absolute Gasteiger partial charge is 0.459 e. The van der Waals surface area contributed by atoms with E-state index in [1.165, 1.54) is 0 Å². The molecule has 0 aliphatic carbocycles. The van der Waals surface area contributed by atoms with Gasteiger partial charge in [-0.05, 0) is 27.8 Å². The number of hydrogen-bond donors (Lipinski definition) is 1. The van der Waals surface area contributed by atoms with Crippen LogP contribution in [0.4, 0.5) is 0 Å². The number of aldehydes is 1. The minimum atomic E-state index is -0.531. The molecule has 0 heterocycles. The average Bonchev–Trinajstić information content (AvgIpc) is 1.96. The van der Waals surface area contributed by atoms with Crippen LogP contribution in [0, 0.1) is 0 Å². The highest BCUT2D eigenvalue weighted by Crippen LogP contribution is 2.08. The zero-order valence-electron chi connectivity index (χ0n) is 8.59. The second-order valence-electron chi connectivity index (χ2n) is 3.78. The Labute approximate surface area is 78.6 Å². The van der Waals surface area contributed by atoms with Crippen molar-refractivity contribution in [1.29, 1.82) is 0 Å². The standard InChI is InChI=1S/C9H17NO3/c1-9(2,3)13-8(12)7(10-4)5-6-11/h6-7,10H,5H2,1-4H3. The molecule has 0 rings (SSSR count). The number of ether oxygens (including phenoxy) is 1. The Morgan fingerprint density at radius 3 is 2.38 bits per heavy atom. The Kier molecular flexibility index (Phi) is 4.62. The number of likely N-dealkylation sites (N-methyl/N-ethyl adjacent to an activating group) is 1. The van der Waals surface area contributed by atoms with Crippen molar-refractivity contribution in [3.05, 3.63) is 0 Å². The van der Waals surface area contributed by atoms with Crippen molar-refractivity contribution < 1.29 is 14.3 Å². The summed E-state index contributed by atoms with van der Waals surface area (Å²) in [6.45, 7) is 5.37. The maximum Gasteiger partial charge on any atom is 0.324 e. The van der Waals surface area contributed by atoms with Gasteiger partial charge in [0.25, 0.3) is 0 Å². The molecule has 0 spiro atoms. The third-order valence-corrected chi connectivity index (χ3v) is 1.37. The molecule has 0 aliphatic heterocycles. The highest BCUT2D eigenvalue weighted by molar-refractivity contribution is 5.79. The van der Waals surface area contributed by atoms with Crippen LogP contribution in [-0.2, 0) is 14.3 Å². The molecule has 0 bridgehead atoms. The molecule has 0 aromatic rings. The molecule has 13 heavy (non-hydrogen) atoms. The van der Waals surface area contributed by atoms with Crippen LogP contribution in [0.2, 0.25) is 0 Å². The minimum absolute atomic E-state index is 0.144. The summed E-state index contributed by atoms with van der Waals surface area (Å²) in [4.78, 5) is 21.5. The summed E-state index contributed by atoms with van der Waals surface area (Å²) in [5.41, 5.74) is -0.505. The molecule has 0 radical (unpaired) electrons. The van der Waals surface area contributed by atoms with Crippen LogP contribution in [0.3, 0.4) is 0 Å². The Morgan fingerprint density at radius 2 is 2.08 bits per heavy atom. The lowest BCUT2D eigenvalue weighted by Crippen LogP contribution is -2.39. The Balaban J connectivity index is 4.13. The van der Waals surface area contributed by atoms with Crippen molar-refractivity contribution in [3.63, 3.8) is 0 Å². The van der Waals surface area contributed by atoms with Crippen LogP contribution in [0.1, 0.15) is 27.2 Å². The van der Waals surface area contributed by atoms with E-state index in [-0.39, 0.29) is 12.4 Å². The number of rotatable bonds is 4. The summed E-state index contributed by atoms with van der Waals surface area (Å²) in [6, 6.07) is -0.531. The van der Waals surface area contributed by atoms with Crippen LogP contribution in [0.15, 0.2) is 0 Å². The normalized spacial score (nSPS) is 13.5. The summed E-state index contributed by atoms with van der Waals surface area (Å²) in [5.74, 6) is -0.387. The van der Waals surface area contributed by atoms with Gasteiger partial charge in [0.1, 0.15) is 17.9 Å². The SMILES string of the molecule is CNC(CC=O)C(=O)OC(C)(C)C. The Hall–Kier alpha value is -0.900. The number of carbonyl (C=O) groups is 2. The molecule has 0 saturated heterocycles. The number of esters is 1. The highest BCUT2D eigenvalue weighted by atomic mass is 16.6. The van der Waals surface area contributed by atoms with Crippen molar-refractivity contribution in [2.75, 3.05) is 7.05 Å². The number of carbonyl (C=O) groups excluding carboxylic acids is 2. The topological polar surface area (TPSA) is 55.4 Å². The molecule has 0 saturated carbocycles. The first kappa shape index (κ1) is 12.1. The van der Waals surface area contributed by atoms with Crippen LogP contribution in [0.25, 0.3) is 0 Å². The highest BCUT2D eigenvalue weighted by Gasteiger charge is 2.23. The number of hydrogen-bond acceptors (Lipinski definition) is 4. The maximum atomic E-state index is 11.3. The summed E-state index contributed by atoms with van der Waals surface area (Å²) >= 11 is 0. The summed E-state index contributed by atoms with van der Waals surface area (Å²) in [6.07, 6.45) is 0.844. The Bertz CT molecular complexity index is 184. The fourth-order valence-electron chi connectivity index (χ4n) is 0.801. The smallest absolute Gasteiger partial charge is 0.324 e. The predicted octanol–water partition coefficient (Wildman–Crippen LogP) is 0.505. The van der Waals surface area contributed by atoms with E-state index < -0.39 is 11.6 Å². The molecule has 1 unspecified atom stereocenters. The van der Waals surface area contributed by atoms with E-state index in [1.807, 2.05) is 0 Å². The zero-order chi connectivity index (χ0) is 10.5. The first-order chi connectivity index (χ1) is 5.90. The summed E-state index contributed by atoms with van der Waals surface area (Å²) in [5, 5.41) is 2.72. The Morgan fingerprint density at radius 1 is 1.54 bits per heavy atom. The number of nitrogens with one attached hydrogen (secondary N) is 1. The predicted molar refractivity (Wildman–Crippen MR) is 49.4 cm³/mol. The molecule has 0 aromatic carbocycles. The molecule has 0 amide bonds. The molecule has 4 heteroatoms. The van der Waals surface area contributed by atoms with Crippen molar-refractivity contribution in [3.8, 4) is 0 Å². The average molecular weight is 187 g/mol. The lowest BCUT2D eigenvalue weighted by Gasteiger charge is -2.22. The second-order valence-corrected chi connectivity index (χ2v) is 3.78. The van der Waals surface area contributed by atoms with Gasteiger partial charge in [-0.25, -0.2) is 0 Å². The molecule has 0 aromatic heterocycles. The molecule has 0 fully saturated rings. The lowest BCUT2D eigenvalue weighted by molar-refractivity contribution is -0.157. The molecule has 76 valence electrons. The quantitative estimate of drug-likeness (QED) is 0.514. The van der Waals surface area contributed by atoms with Gasteiger partial charge in [-0.3, -0.25) is 4.79 Å². The molecule has 1 atom stereocenters. The van der Waals surface area contributed by atoms with Crippen molar-refractivity contribution in [2.45, 2.75) is 38.8 Å². The van der Waals surface area contributed by atoms with Gasteiger partial charge in [-0.1, -0.05) is 0 Å². The van der Waals surface area contributed by atoms with E-state index in [0.29, 0.717) is 6.29 Å². The van der Waals surface area contributed by atoms with Gasteiger partial charge in [-0.2, -0.15) is 0 Å². The first-order valence-corrected chi connectivity index (χ1v) is 4.24. The van der Waals surface area contributed by atoms with Gasteiger partial charge >= 0.3 is 5.97 Å². The van der Waals surface area contributed by atoms with Crippen molar-refractivity contribution in [1.82, 2.24) is 5.32 Å². The van der Waals surface area contributed by atoms with E-state index in [1.54, 1.807) is 27.8 Å². The van der Waals surface area contributed by atoms with E-state index in [2.05, 4.69) is 5.32 Å². The van der Waals surface area contributed by atoms with Crippen molar-refractivity contribution in [2.24, 2.45) is 0 Å².